The van der Waals surface area contributed by atoms with Gasteiger partial charge in [0.15, 0.2) is 0 Å². The van der Waals surface area contributed by atoms with E-state index in [9.17, 15) is 13.2 Å². The summed E-state index contributed by atoms with van der Waals surface area (Å²) in [5, 5.41) is 0. The Morgan fingerprint density at radius 3 is 2.15 bits per heavy atom. The second-order valence-corrected chi connectivity index (χ2v) is 11.0. The number of amides is 1. The summed E-state index contributed by atoms with van der Waals surface area (Å²) >= 11 is 0. The van der Waals surface area contributed by atoms with Gasteiger partial charge in [0.1, 0.15) is 5.75 Å². The molecule has 0 aliphatic carbocycles. The van der Waals surface area contributed by atoms with Crippen LogP contribution in [0.5, 0.6) is 5.75 Å². The van der Waals surface area contributed by atoms with Gasteiger partial charge in [-0.25, -0.2) is 8.42 Å². The molecular weight excluding hydrogens is 452 g/mol. The standard InChI is InChI=1S/C25H34N4O4S/c1-3-34(31,32)29-18-12-26(13-19-29)20-21-8-10-22(11-9-21)25(30)28-16-14-27(15-17-28)23-6-4-5-7-24(23)33-2/h4-11H,3,12-20H2,1-2H3. The zero-order valence-corrected chi connectivity index (χ0v) is 20.8. The lowest BCUT2D eigenvalue weighted by atomic mass is 10.1. The van der Waals surface area contributed by atoms with Crippen LogP contribution in [0.1, 0.15) is 22.8 Å². The normalized spacial score (nSPS) is 18.2. The first kappa shape index (κ1) is 24.5. The lowest BCUT2D eigenvalue weighted by Gasteiger charge is -2.36. The predicted octanol–water partition coefficient (Wildman–Crippen LogP) is 2.12. The number of para-hydroxylation sites is 2. The molecule has 2 aromatic carbocycles. The number of anilines is 1. The smallest absolute Gasteiger partial charge is 0.253 e. The maximum atomic E-state index is 13.0. The molecule has 8 nitrogen and oxygen atoms in total. The summed E-state index contributed by atoms with van der Waals surface area (Å²) < 4.78 is 31.1. The lowest BCUT2D eigenvalue weighted by Crippen LogP contribution is -2.49. The van der Waals surface area contributed by atoms with Crippen LogP contribution in [0.15, 0.2) is 48.5 Å². The Morgan fingerprint density at radius 2 is 1.53 bits per heavy atom. The van der Waals surface area contributed by atoms with E-state index in [1.807, 2.05) is 47.4 Å². The molecule has 2 aromatic rings. The molecule has 0 saturated carbocycles. The summed E-state index contributed by atoms with van der Waals surface area (Å²) in [5.41, 5.74) is 2.90. The molecule has 0 spiro atoms. The maximum absolute atomic E-state index is 13.0. The van der Waals surface area contributed by atoms with Crippen LogP contribution in [0, 0.1) is 0 Å². The molecule has 34 heavy (non-hydrogen) atoms. The molecule has 0 atom stereocenters. The minimum atomic E-state index is -3.11. The molecule has 2 aliphatic rings. The molecule has 0 aromatic heterocycles. The predicted molar refractivity (Wildman–Crippen MR) is 134 cm³/mol. The van der Waals surface area contributed by atoms with Crippen molar-refractivity contribution in [1.29, 1.82) is 0 Å². The van der Waals surface area contributed by atoms with E-state index >= 15 is 0 Å². The number of carbonyl (C=O) groups is 1. The van der Waals surface area contributed by atoms with E-state index in [4.69, 9.17) is 4.74 Å². The fourth-order valence-corrected chi connectivity index (χ4v) is 5.67. The monoisotopic (exact) mass is 486 g/mol. The molecule has 2 fully saturated rings. The number of nitrogens with zero attached hydrogens (tertiary/aromatic N) is 4. The van der Waals surface area contributed by atoms with E-state index in [0.29, 0.717) is 31.7 Å². The average Bonchev–Trinajstić information content (AvgIpc) is 2.89. The number of benzene rings is 2. The first-order valence-electron chi connectivity index (χ1n) is 11.9. The van der Waals surface area contributed by atoms with Gasteiger partial charge in [-0.3, -0.25) is 9.69 Å². The molecule has 2 aliphatic heterocycles. The fraction of sp³-hybridized carbons (Fsp3) is 0.480. The van der Waals surface area contributed by atoms with Gasteiger partial charge in [0.25, 0.3) is 5.91 Å². The van der Waals surface area contributed by atoms with Gasteiger partial charge in [-0.2, -0.15) is 4.31 Å². The molecule has 0 unspecified atom stereocenters. The van der Waals surface area contributed by atoms with Gasteiger partial charge in [0, 0.05) is 64.5 Å². The number of hydrogen-bond acceptors (Lipinski definition) is 6. The molecule has 4 rings (SSSR count). The molecule has 184 valence electrons. The minimum absolute atomic E-state index is 0.0598. The Balaban J connectivity index is 1.28. The van der Waals surface area contributed by atoms with Crippen molar-refractivity contribution in [2.45, 2.75) is 13.5 Å². The van der Waals surface area contributed by atoms with Crippen LogP contribution >= 0.6 is 0 Å². The number of hydrogen-bond donors (Lipinski definition) is 0. The van der Waals surface area contributed by atoms with Crippen molar-refractivity contribution in [2.75, 3.05) is 70.1 Å². The van der Waals surface area contributed by atoms with Crippen LogP contribution in [0.2, 0.25) is 0 Å². The summed E-state index contributed by atoms with van der Waals surface area (Å²) in [6, 6.07) is 15.8. The topological polar surface area (TPSA) is 73.4 Å². The highest BCUT2D eigenvalue weighted by Gasteiger charge is 2.26. The number of carbonyl (C=O) groups excluding carboxylic acids is 1. The van der Waals surface area contributed by atoms with Gasteiger partial charge in [-0.1, -0.05) is 24.3 Å². The fourth-order valence-electron chi connectivity index (χ4n) is 4.58. The Hall–Kier alpha value is -2.62. The van der Waals surface area contributed by atoms with Crippen molar-refractivity contribution >= 4 is 21.6 Å². The Morgan fingerprint density at radius 1 is 0.882 bits per heavy atom. The van der Waals surface area contributed by atoms with Gasteiger partial charge >= 0.3 is 0 Å². The highest BCUT2D eigenvalue weighted by Crippen LogP contribution is 2.28. The van der Waals surface area contributed by atoms with E-state index < -0.39 is 10.0 Å². The number of methoxy groups -OCH3 is 1. The van der Waals surface area contributed by atoms with Crippen molar-refractivity contribution in [3.8, 4) is 5.75 Å². The minimum Gasteiger partial charge on any atom is -0.495 e. The quantitative estimate of drug-likeness (QED) is 0.597. The van der Waals surface area contributed by atoms with Gasteiger partial charge < -0.3 is 14.5 Å². The average molecular weight is 487 g/mol. The maximum Gasteiger partial charge on any atom is 0.253 e. The summed E-state index contributed by atoms with van der Waals surface area (Å²) in [7, 11) is -1.43. The molecule has 0 radical (unpaired) electrons. The Bertz CT molecular complexity index is 1070. The van der Waals surface area contributed by atoms with Crippen molar-refractivity contribution in [3.05, 3.63) is 59.7 Å². The van der Waals surface area contributed by atoms with E-state index in [2.05, 4.69) is 15.9 Å². The van der Waals surface area contributed by atoms with E-state index in [0.717, 1.165) is 49.7 Å². The van der Waals surface area contributed by atoms with E-state index in [-0.39, 0.29) is 11.7 Å². The van der Waals surface area contributed by atoms with Gasteiger partial charge in [-0.05, 0) is 36.8 Å². The molecule has 9 heteroatoms. The number of rotatable bonds is 7. The molecule has 2 saturated heterocycles. The van der Waals surface area contributed by atoms with Crippen LogP contribution in [0.25, 0.3) is 0 Å². The van der Waals surface area contributed by atoms with Crippen molar-refractivity contribution in [2.24, 2.45) is 0 Å². The van der Waals surface area contributed by atoms with Crippen LogP contribution in [-0.4, -0.2) is 93.7 Å². The molecule has 1 amide bonds. The second kappa shape index (κ2) is 10.8. The number of ether oxygens (including phenoxy) is 1. The first-order valence-corrected chi connectivity index (χ1v) is 13.5. The third kappa shape index (κ3) is 5.54. The summed E-state index contributed by atoms with van der Waals surface area (Å²) in [4.78, 5) is 19.5. The Labute approximate surface area is 202 Å². The number of piperazine rings is 2. The molecule has 0 bridgehead atoms. The SMILES string of the molecule is CCS(=O)(=O)N1CCN(Cc2ccc(C(=O)N3CCN(c4ccccc4OC)CC3)cc2)CC1. The van der Waals surface area contributed by atoms with Crippen molar-refractivity contribution in [3.63, 3.8) is 0 Å². The van der Waals surface area contributed by atoms with Crippen molar-refractivity contribution in [1.82, 2.24) is 14.1 Å². The van der Waals surface area contributed by atoms with Crippen LogP contribution in [0.3, 0.4) is 0 Å². The highest BCUT2D eigenvalue weighted by molar-refractivity contribution is 7.89. The molecular formula is C25H34N4O4S. The second-order valence-electron chi connectivity index (χ2n) is 8.72. The summed E-state index contributed by atoms with van der Waals surface area (Å²) in [6.45, 7) is 7.83. The van der Waals surface area contributed by atoms with Crippen LogP contribution < -0.4 is 9.64 Å². The highest BCUT2D eigenvalue weighted by atomic mass is 32.2. The summed E-state index contributed by atoms with van der Waals surface area (Å²) in [6.07, 6.45) is 0. The zero-order valence-electron chi connectivity index (χ0n) is 20.0. The zero-order chi connectivity index (χ0) is 24.1. The van der Waals surface area contributed by atoms with E-state index in [1.54, 1.807) is 18.3 Å². The van der Waals surface area contributed by atoms with Crippen molar-refractivity contribution < 1.29 is 17.9 Å². The third-order valence-electron chi connectivity index (χ3n) is 6.69. The summed E-state index contributed by atoms with van der Waals surface area (Å²) in [5.74, 6) is 1.06. The molecule has 2 heterocycles. The van der Waals surface area contributed by atoms with Gasteiger partial charge in [0.05, 0.1) is 18.6 Å². The van der Waals surface area contributed by atoms with Gasteiger partial charge in [-0.15, -0.1) is 0 Å². The lowest BCUT2D eigenvalue weighted by molar-refractivity contribution is 0.0746. The first-order chi connectivity index (χ1) is 16.4. The van der Waals surface area contributed by atoms with Crippen LogP contribution in [0.4, 0.5) is 5.69 Å². The Kier molecular flexibility index (Phi) is 7.75. The van der Waals surface area contributed by atoms with Crippen LogP contribution in [-0.2, 0) is 16.6 Å². The van der Waals surface area contributed by atoms with Gasteiger partial charge in [0.2, 0.25) is 10.0 Å². The number of sulfonamides is 1. The largest absolute Gasteiger partial charge is 0.495 e. The molecule has 0 N–H and O–H groups in total. The van der Waals surface area contributed by atoms with E-state index in [1.165, 1.54) is 0 Å². The third-order valence-corrected chi connectivity index (χ3v) is 8.57.